The van der Waals surface area contributed by atoms with Gasteiger partial charge in [0.1, 0.15) is 11.3 Å². The summed E-state index contributed by atoms with van der Waals surface area (Å²) in [7, 11) is 1.61. The van der Waals surface area contributed by atoms with Gasteiger partial charge in [0, 0.05) is 17.0 Å². The second-order valence-electron chi connectivity index (χ2n) is 2.78. The van der Waals surface area contributed by atoms with Crippen molar-refractivity contribution in [2.75, 3.05) is 7.11 Å². The first-order valence-corrected chi connectivity index (χ1v) is 4.00. The minimum absolute atomic E-state index is 0.000666. The third-order valence-corrected chi connectivity index (χ3v) is 2.03. The molecule has 0 aliphatic carbocycles. The lowest BCUT2D eigenvalue weighted by molar-refractivity contribution is 0.281. The summed E-state index contributed by atoms with van der Waals surface area (Å²) in [5.74, 6) is 0.756. The van der Waals surface area contributed by atoms with Crippen LogP contribution in [0.3, 0.4) is 0 Å². The summed E-state index contributed by atoms with van der Waals surface area (Å²) in [6.45, 7) is -0.000666. The first kappa shape index (κ1) is 8.13. The van der Waals surface area contributed by atoms with Crippen LogP contribution in [0.25, 0.3) is 11.0 Å². The average Bonchev–Trinajstić information content (AvgIpc) is 2.59. The SMILES string of the molecule is COc1ccc2c(CO)coc2c1. The molecule has 0 amide bonds. The molecule has 0 bridgehead atoms. The third kappa shape index (κ3) is 1.27. The second kappa shape index (κ2) is 3.11. The lowest BCUT2D eigenvalue weighted by Gasteiger charge is -1.97. The Morgan fingerprint density at radius 1 is 1.46 bits per heavy atom. The molecule has 0 unspecified atom stereocenters. The maximum absolute atomic E-state index is 8.96. The van der Waals surface area contributed by atoms with Crippen LogP contribution >= 0.6 is 0 Å². The molecule has 0 spiro atoms. The van der Waals surface area contributed by atoms with E-state index in [0.29, 0.717) is 0 Å². The van der Waals surface area contributed by atoms with Crippen LogP contribution in [0.1, 0.15) is 5.56 Å². The van der Waals surface area contributed by atoms with E-state index >= 15 is 0 Å². The molecule has 0 saturated heterocycles. The van der Waals surface area contributed by atoms with Crippen molar-refractivity contribution < 1.29 is 14.3 Å². The quantitative estimate of drug-likeness (QED) is 0.764. The van der Waals surface area contributed by atoms with Crippen LogP contribution < -0.4 is 4.74 Å². The first-order valence-electron chi connectivity index (χ1n) is 4.00. The Balaban J connectivity index is 2.61. The van der Waals surface area contributed by atoms with E-state index in [1.807, 2.05) is 12.1 Å². The van der Waals surface area contributed by atoms with Gasteiger partial charge < -0.3 is 14.3 Å². The highest BCUT2D eigenvalue weighted by Crippen LogP contribution is 2.25. The zero-order valence-corrected chi connectivity index (χ0v) is 7.28. The van der Waals surface area contributed by atoms with Gasteiger partial charge in [0.25, 0.3) is 0 Å². The Bertz CT molecular complexity index is 417. The highest BCUT2D eigenvalue weighted by molar-refractivity contribution is 5.82. The number of benzene rings is 1. The lowest BCUT2D eigenvalue weighted by Crippen LogP contribution is -1.82. The highest BCUT2D eigenvalue weighted by atomic mass is 16.5. The van der Waals surface area contributed by atoms with Gasteiger partial charge in [-0.05, 0) is 12.1 Å². The molecule has 1 N–H and O–H groups in total. The summed E-state index contributed by atoms with van der Waals surface area (Å²) in [6.07, 6.45) is 1.56. The third-order valence-electron chi connectivity index (χ3n) is 2.03. The molecule has 0 atom stereocenters. The van der Waals surface area contributed by atoms with E-state index in [2.05, 4.69) is 0 Å². The van der Waals surface area contributed by atoms with Crippen molar-refractivity contribution in [3.05, 3.63) is 30.0 Å². The number of rotatable bonds is 2. The summed E-state index contributed by atoms with van der Waals surface area (Å²) in [5, 5.41) is 9.89. The van der Waals surface area contributed by atoms with Crippen molar-refractivity contribution in [3.8, 4) is 5.75 Å². The normalized spacial score (nSPS) is 10.6. The van der Waals surface area contributed by atoms with Gasteiger partial charge in [0.05, 0.1) is 20.0 Å². The Hall–Kier alpha value is -1.48. The van der Waals surface area contributed by atoms with Crippen molar-refractivity contribution >= 4 is 11.0 Å². The smallest absolute Gasteiger partial charge is 0.137 e. The molecule has 0 radical (unpaired) electrons. The van der Waals surface area contributed by atoms with E-state index in [0.717, 1.165) is 22.3 Å². The van der Waals surface area contributed by atoms with Crippen LogP contribution in [0.15, 0.2) is 28.9 Å². The first-order chi connectivity index (χ1) is 6.35. The molecule has 2 rings (SSSR count). The van der Waals surface area contributed by atoms with E-state index in [4.69, 9.17) is 14.3 Å². The second-order valence-corrected chi connectivity index (χ2v) is 2.78. The molecule has 1 aromatic carbocycles. The van der Waals surface area contributed by atoms with Crippen LogP contribution in [0.5, 0.6) is 5.75 Å². The molecule has 3 heteroatoms. The average molecular weight is 178 g/mol. The van der Waals surface area contributed by atoms with Gasteiger partial charge in [0.2, 0.25) is 0 Å². The molecule has 68 valence electrons. The van der Waals surface area contributed by atoms with Crippen molar-refractivity contribution in [1.29, 1.82) is 0 Å². The van der Waals surface area contributed by atoms with E-state index in [-0.39, 0.29) is 6.61 Å². The summed E-state index contributed by atoms with van der Waals surface area (Å²) in [6, 6.07) is 5.52. The molecular weight excluding hydrogens is 168 g/mol. The molecule has 0 aliphatic heterocycles. The molecule has 1 aromatic heterocycles. The maximum atomic E-state index is 8.96. The number of aliphatic hydroxyl groups is 1. The van der Waals surface area contributed by atoms with E-state index in [1.54, 1.807) is 19.4 Å². The van der Waals surface area contributed by atoms with Crippen LogP contribution in [0.4, 0.5) is 0 Å². The number of fused-ring (bicyclic) bond motifs is 1. The molecule has 0 saturated carbocycles. The molecule has 1 heterocycles. The zero-order valence-electron chi connectivity index (χ0n) is 7.28. The van der Waals surface area contributed by atoms with Gasteiger partial charge in [-0.25, -0.2) is 0 Å². The number of furan rings is 1. The summed E-state index contributed by atoms with van der Waals surface area (Å²) in [5.41, 5.74) is 1.54. The summed E-state index contributed by atoms with van der Waals surface area (Å²) in [4.78, 5) is 0. The minimum atomic E-state index is -0.000666. The van der Waals surface area contributed by atoms with Gasteiger partial charge in [-0.2, -0.15) is 0 Å². The number of ether oxygens (including phenoxy) is 1. The van der Waals surface area contributed by atoms with Crippen LogP contribution in [0, 0.1) is 0 Å². The van der Waals surface area contributed by atoms with Gasteiger partial charge >= 0.3 is 0 Å². The maximum Gasteiger partial charge on any atom is 0.137 e. The molecular formula is C10H10O3. The Labute approximate surface area is 75.5 Å². The molecule has 3 nitrogen and oxygen atoms in total. The monoisotopic (exact) mass is 178 g/mol. The summed E-state index contributed by atoms with van der Waals surface area (Å²) < 4.78 is 10.3. The van der Waals surface area contributed by atoms with Gasteiger partial charge in [-0.3, -0.25) is 0 Å². The van der Waals surface area contributed by atoms with Crippen molar-refractivity contribution in [3.63, 3.8) is 0 Å². The van der Waals surface area contributed by atoms with E-state index in [1.165, 1.54) is 0 Å². The minimum Gasteiger partial charge on any atom is -0.497 e. The van der Waals surface area contributed by atoms with E-state index in [9.17, 15) is 0 Å². The Morgan fingerprint density at radius 3 is 3.00 bits per heavy atom. The topological polar surface area (TPSA) is 42.6 Å². The van der Waals surface area contributed by atoms with Crippen molar-refractivity contribution in [1.82, 2.24) is 0 Å². The predicted molar refractivity (Wildman–Crippen MR) is 48.7 cm³/mol. The number of aliphatic hydroxyl groups excluding tert-OH is 1. The standard InChI is InChI=1S/C10H10O3/c1-12-8-2-3-9-7(5-11)6-13-10(9)4-8/h2-4,6,11H,5H2,1H3. The summed E-state index contributed by atoms with van der Waals surface area (Å²) >= 11 is 0. The Morgan fingerprint density at radius 2 is 2.31 bits per heavy atom. The number of hydrogen-bond donors (Lipinski definition) is 1. The molecule has 2 aromatic rings. The lowest BCUT2D eigenvalue weighted by atomic mass is 10.2. The van der Waals surface area contributed by atoms with E-state index < -0.39 is 0 Å². The molecule has 0 aliphatic rings. The highest BCUT2D eigenvalue weighted by Gasteiger charge is 2.04. The fourth-order valence-corrected chi connectivity index (χ4v) is 1.31. The zero-order chi connectivity index (χ0) is 9.26. The molecule has 0 fully saturated rings. The fourth-order valence-electron chi connectivity index (χ4n) is 1.31. The van der Waals surface area contributed by atoms with Gasteiger partial charge in [-0.1, -0.05) is 0 Å². The van der Waals surface area contributed by atoms with Gasteiger partial charge in [0.15, 0.2) is 0 Å². The number of hydrogen-bond acceptors (Lipinski definition) is 3. The van der Waals surface area contributed by atoms with Crippen LogP contribution in [-0.2, 0) is 6.61 Å². The van der Waals surface area contributed by atoms with Crippen molar-refractivity contribution in [2.45, 2.75) is 6.61 Å². The molecule has 13 heavy (non-hydrogen) atoms. The van der Waals surface area contributed by atoms with Crippen LogP contribution in [-0.4, -0.2) is 12.2 Å². The van der Waals surface area contributed by atoms with Crippen molar-refractivity contribution in [2.24, 2.45) is 0 Å². The fraction of sp³-hybridized carbons (Fsp3) is 0.200. The van der Waals surface area contributed by atoms with Gasteiger partial charge in [-0.15, -0.1) is 0 Å². The largest absolute Gasteiger partial charge is 0.497 e. The number of methoxy groups -OCH3 is 1. The van der Waals surface area contributed by atoms with Crippen LogP contribution in [0.2, 0.25) is 0 Å². The predicted octanol–water partition coefficient (Wildman–Crippen LogP) is 1.93. The Kier molecular flexibility index (Phi) is 1.94.